The van der Waals surface area contributed by atoms with Gasteiger partial charge in [0.05, 0.1) is 29.3 Å². The van der Waals surface area contributed by atoms with Gasteiger partial charge < -0.3 is 9.47 Å². The van der Waals surface area contributed by atoms with Crippen LogP contribution in [0.2, 0.25) is 5.02 Å². The number of allylic oxidation sites excluding steroid dienone is 1. The topological polar surface area (TPSA) is 87.5 Å². The zero-order valence-corrected chi connectivity index (χ0v) is 20.9. The minimum Gasteiger partial charge on any atom is -0.465 e. The summed E-state index contributed by atoms with van der Waals surface area (Å²) in [5.41, 5.74) is 0.965. The van der Waals surface area contributed by atoms with Gasteiger partial charge in [0.2, 0.25) is 0 Å². The molecule has 0 saturated carbocycles. The molecule has 0 aliphatic carbocycles. The molecule has 0 saturated heterocycles. The van der Waals surface area contributed by atoms with Gasteiger partial charge in [-0.05, 0) is 67.8 Å². The van der Waals surface area contributed by atoms with Crippen molar-refractivity contribution >= 4 is 40.5 Å². The van der Waals surface area contributed by atoms with E-state index in [9.17, 15) is 14.4 Å². The number of aromatic nitrogens is 2. The van der Waals surface area contributed by atoms with Gasteiger partial charge in [0.25, 0.3) is 5.56 Å². The molecule has 7 nitrogen and oxygen atoms in total. The third-order valence-corrected chi connectivity index (χ3v) is 5.80. The summed E-state index contributed by atoms with van der Waals surface area (Å²) >= 11 is 6.03. The van der Waals surface area contributed by atoms with Crippen molar-refractivity contribution in [1.29, 1.82) is 0 Å². The Morgan fingerprint density at radius 3 is 2.54 bits per heavy atom. The number of nitrogens with zero attached hydrogens (tertiary/aromatic N) is 2. The SMILES string of the molecule is CCCC(CC)OC(=O)CC/C=C/c1nc2cc(C(=O)OC)ccc2c(=O)n1-c1ccc(Cl)cc1. The Morgan fingerprint density at radius 1 is 1.14 bits per heavy atom. The number of fused-ring (bicyclic) bond motifs is 1. The first-order valence-electron chi connectivity index (χ1n) is 11.6. The highest BCUT2D eigenvalue weighted by Gasteiger charge is 2.15. The van der Waals surface area contributed by atoms with E-state index in [2.05, 4.69) is 11.9 Å². The standard InChI is InChI=1S/C27H29ClN2O5/c1-4-8-21(5-2)35-25(31)10-7-6-9-24-29-23-17-18(27(33)34-3)11-16-22(23)26(32)30(24)20-14-12-19(28)13-15-20/h6,9,11-17,21H,4-5,7-8,10H2,1-3H3/b9-6+. The molecule has 1 atom stereocenters. The fraction of sp³-hybridized carbons (Fsp3) is 0.333. The zero-order chi connectivity index (χ0) is 25.4. The molecule has 3 aromatic rings. The van der Waals surface area contributed by atoms with E-state index in [-0.39, 0.29) is 24.1 Å². The largest absolute Gasteiger partial charge is 0.465 e. The number of benzene rings is 2. The fourth-order valence-electron chi connectivity index (χ4n) is 3.70. The Kier molecular flexibility index (Phi) is 9.20. The molecule has 1 aromatic heterocycles. The lowest BCUT2D eigenvalue weighted by molar-refractivity contribution is -0.149. The highest BCUT2D eigenvalue weighted by atomic mass is 35.5. The van der Waals surface area contributed by atoms with Crippen LogP contribution in [0.15, 0.2) is 53.3 Å². The number of carbonyl (C=O) groups excluding carboxylic acids is 2. The summed E-state index contributed by atoms with van der Waals surface area (Å²) in [7, 11) is 1.29. The summed E-state index contributed by atoms with van der Waals surface area (Å²) in [5, 5.41) is 0.900. The molecule has 1 heterocycles. The van der Waals surface area contributed by atoms with E-state index in [0.29, 0.717) is 39.4 Å². The lowest BCUT2D eigenvalue weighted by atomic mass is 10.1. The van der Waals surface area contributed by atoms with E-state index in [0.717, 1.165) is 19.3 Å². The molecule has 0 bridgehead atoms. The van der Waals surface area contributed by atoms with Gasteiger partial charge in [-0.2, -0.15) is 0 Å². The van der Waals surface area contributed by atoms with Crippen LogP contribution in [0, 0.1) is 0 Å². The van der Waals surface area contributed by atoms with E-state index in [1.807, 2.05) is 6.92 Å². The van der Waals surface area contributed by atoms with Crippen LogP contribution in [0.3, 0.4) is 0 Å². The molecule has 35 heavy (non-hydrogen) atoms. The lowest BCUT2D eigenvalue weighted by Gasteiger charge is -2.14. The molecule has 0 radical (unpaired) electrons. The Labute approximate surface area is 209 Å². The van der Waals surface area contributed by atoms with Gasteiger partial charge in [0.15, 0.2) is 0 Å². The van der Waals surface area contributed by atoms with E-state index < -0.39 is 5.97 Å². The van der Waals surface area contributed by atoms with Crippen LogP contribution in [0.25, 0.3) is 22.7 Å². The van der Waals surface area contributed by atoms with E-state index in [1.54, 1.807) is 42.5 Å². The van der Waals surface area contributed by atoms with Gasteiger partial charge >= 0.3 is 11.9 Å². The van der Waals surface area contributed by atoms with Crippen molar-refractivity contribution in [2.75, 3.05) is 7.11 Å². The predicted octanol–water partition coefficient (Wildman–Crippen LogP) is 5.74. The molecule has 184 valence electrons. The quantitative estimate of drug-likeness (QED) is 0.332. The van der Waals surface area contributed by atoms with Crippen LogP contribution in [-0.4, -0.2) is 34.7 Å². The van der Waals surface area contributed by atoms with Crippen molar-refractivity contribution in [1.82, 2.24) is 9.55 Å². The number of ether oxygens (including phenoxy) is 2. The van der Waals surface area contributed by atoms with Gasteiger partial charge in [0.1, 0.15) is 11.9 Å². The van der Waals surface area contributed by atoms with E-state index in [1.165, 1.54) is 23.8 Å². The number of hydrogen-bond acceptors (Lipinski definition) is 6. The third kappa shape index (κ3) is 6.57. The van der Waals surface area contributed by atoms with Crippen molar-refractivity contribution in [3.05, 3.63) is 75.3 Å². The van der Waals surface area contributed by atoms with Crippen LogP contribution in [0.5, 0.6) is 0 Å². The van der Waals surface area contributed by atoms with Crippen LogP contribution >= 0.6 is 11.6 Å². The lowest BCUT2D eigenvalue weighted by Crippen LogP contribution is -2.22. The molecular weight excluding hydrogens is 468 g/mol. The minimum atomic E-state index is -0.514. The maximum absolute atomic E-state index is 13.4. The molecule has 8 heteroatoms. The molecule has 0 spiro atoms. The Hall–Kier alpha value is -3.45. The van der Waals surface area contributed by atoms with Crippen LogP contribution in [0.4, 0.5) is 0 Å². The summed E-state index contributed by atoms with van der Waals surface area (Å²) in [4.78, 5) is 42.2. The van der Waals surface area contributed by atoms with Crippen LogP contribution in [-0.2, 0) is 14.3 Å². The smallest absolute Gasteiger partial charge is 0.337 e. The normalized spacial score (nSPS) is 12.1. The molecule has 0 amide bonds. The highest BCUT2D eigenvalue weighted by Crippen LogP contribution is 2.18. The molecule has 1 unspecified atom stereocenters. The number of methoxy groups -OCH3 is 1. The number of rotatable bonds is 10. The maximum atomic E-state index is 13.4. The number of halogens is 1. The van der Waals surface area contributed by atoms with E-state index in [4.69, 9.17) is 21.1 Å². The number of esters is 2. The Morgan fingerprint density at radius 2 is 1.89 bits per heavy atom. The summed E-state index contributed by atoms with van der Waals surface area (Å²) in [6.07, 6.45) is 6.66. The van der Waals surface area contributed by atoms with Crippen molar-refractivity contribution < 1.29 is 19.1 Å². The maximum Gasteiger partial charge on any atom is 0.337 e. The summed E-state index contributed by atoms with van der Waals surface area (Å²) in [6.45, 7) is 4.06. The number of carbonyl (C=O) groups is 2. The predicted molar refractivity (Wildman–Crippen MR) is 137 cm³/mol. The zero-order valence-electron chi connectivity index (χ0n) is 20.1. The second-order valence-electron chi connectivity index (χ2n) is 8.06. The van der Waals surface area contributed by atoms with Gasteiger partial charge in [-0.3, -0.25) is 14.2 Å². The van der Waals surface area contributed by atoms with Gasteiger partial charge in [-0.25, -0.2) is 9.78 Å². The van der Waals surface area contributed by atoms with Crippen molar-refractivity contribution in [3.8, 4) is 5.69 Å². The van der Waals surface area contributed by atoms with Gasteiger partial charge in [0, 0.05) is 11.4 Å². The first kappa shape index (κ1) is 26.2. The highest BCUT2D eigenvalue weighted by molar-refractivity contribution is 6.30. The van der Waals surface area contributed by atoms with Crippen molar-refractivity contribution in [2.24, 2.45) is 0 Å². The monoisotopic (exact) mass is 496 g/mol. The second kappa shape index (κ2) is 12.3. The molecule has 0 aliphatic heterocycles. The molecule has 0 aliphatic rings. The third-order valence-electron chi connectivity index (χ3n) is 5.55. The summed E-state index contributed by atoms with van der Waals surface area (Å²) < 4.78 is 11.8. The van der Waals surface area contributed by atoms with Gasteiger partial charge in [-0.15, -0.1) is 0 Å². The van der Waals surface area contributed by atoms with Crippen molar-refractivity contribution in [2.45, 2.75) is 52.1 Å². The summed E-state index contributed by atoms with van der Waals surface area (Å²) in [5.74, 6) is -0.406. The van der Waals surface area contributed by atoms with Gasteiger partial charge in [-0.1, -0.05) is 37.9 Å². The first-order chi connectivity index (χ1) is 16.9. The molecular formula is C27H29ClN2O5. The van der Waals surface area contributed by atoms with Crippen LogP contribution < -0.4 is 5.56 Å². The van der Waals surface area contributed by atoms with Crippen LogP contribution in [0.1, 0.15) is 62.1 Å². The first-order valence-corrected chi connectivity index (χ1v) is 12.0. The fourth-order valence-corrected chi connectivity index (χ4v) is 3.83. The Bertz CT molecular complexity index is 1280. The number of hydrogen-bond donors (Lipinski definition) is 0. The molecule has 0 N–H and O–H groups in total. The Balaban J connectivity index is 1.94. The molecule has 0 fully saturated rings. The minimum absolute atomic E-state index is 0.0577. The van der Waals surface area contributed by atoms with Crippen molar-refractivity contribution in [3.63, 3.8) is 0 Å². The average Bonchev–Trinajstić information content (AvgIpc) is 2.86. The van der Waals surface area contributed by atoms with E-state index >= 15 is 0 Å². The summed E-state index contributed by atoms with van der Waals surface area (Å²) in [6, 6.07) is 11.5. The second-order valence-corrected chi connectivity index (χ2v) is 8.50. The molecule has 2 aromatic carbocycles. The average molecular weight is 497 g/mol. The molecule has 3 rings (SSSR count).